The summed E-state index contributed by atoms with van der Waals surface area (Å²) in [7, 11) is 0. The molecule has 1 aliphatic heterocycles. The van der Waals surface area contributed by atoms with Gasteiger partial charge in [0, 0.05) is 5.69 Å². The van der Waals surface area contributed by atoms with Crippen molar-refractivity contribution < 1.29 is 19.2 Å². The summed E-state index contributed by atoms with van der Waals surface area (Å²) in [4.78, 5) is 47.6. The minimum absolute atomic E-state index is 0.122. The Kier molecular flexibility index (Phi) is 3.02. The lowest BCUT2D eigenvalue weighted by Crippen LogP contribution is -2.33. The highest BCUT2D eigenvalue weighted by Crippen LogP contribution is 2.22. The zero-order valence-electron chi connectivity index (χ0n) is 11.1. The average molecular weight is 285 g/mol. The minimum Gasteiger partial charge on any atom is -0.348 e. The molecule has 0 radical (unpaired) electrons. The number of amides is 2. The highest BCUT2D eigenvalue weighted by molar-refractivity contribution is 6.20. The second-order valence-corrected chi connectivity index (χ2v) is 4.56. The Morgan fingerprint density at radius 1 is 1.24 bits per heavy atom. The molecule has 1 aromatic heterocycles. The zero-order chi connectivity index (χ0) is 15.0. The van der Waals surface area contributed by atoms with Gasteiger partial charge >= 0.3 is 5.97 Å². The molecule has 7 heteroatoms. The van der Waals surface area contributed by atoms with Crippen molar-refractivity contribution in [2.45, 2.75) is 13.3 Å². The molecule has 2 heterocycles. The second kappa shape index (κ2) is 4.86. The predicted molar refractivity (Wildman–Crippen MR) is 70.1 cm³/mol. The smallest absolute Gasteiger partial charge is 0.339 e. The Balaban J connectivity index is 1.75. The molecule has 7 nitrogen and oxygen atoms in total. The van der Waals surface area contributed by atoms with E-state index >= 15 is 0 Å². The predicted octanol–water partition coefficient (Wildman–Crippen LogP) is 1.02. The lowest BCUT2D eigenvalue weighted by Gasteiger charge is -2.12. The number of H-pyrrole nitrogens is 1. The maximum atomic E-state index is 12.0. The van der Waals surface area contributed by atoms with Crippen LogP contribution >= 0.6 is 0 Å². The molecule has 1 aliphatic rings. The normalized spacial score (nSPS) is 13.5. The van der Waals surface area contributed by atoms with E-state index in [4.69, 9.17) is 4.84 Å². The number of hydrogen-bond donors (Lipinski definition) is 1. The van der Waals surface area contributed by atoms with Crippen LogP contribution in [0.4, 0.5) is 0 Å². The average Bonchev–Trinajstić information content (AvgIpc) is 2.97. The first-order chi connectivity index (χ1) is 10.1. The molecule has 106 valence electrons. The van der Waals surface area contributed by atoms with Crippen LogP contribution in [0.25, 0.3) is 0 Å². The number of fused-ring (bicyclic) bond motifs is 1. The number of aromatic nitrogens is 2. The summed E-state index contributed by atoms with van der Waals surface area (Å²) in [6.07, 6.45) is 1.34. The standard InChI is InChI=1S/C14H11N3O4/c1-8-11(16-7-15-8)6-12(18)21-17-13(19)9-4-2-3-5-10(9)14(17)20/h2-5,7H,6H2,1H3,(H,15,16). The molecular weight excluding hydrogens is 274 g/mol. The molecule has 0 fully saturated rings. The third-order valence-electron chi connectivity index (χ3n) is 3.20. The molecule has 0 aliphatic carbocycles. The first kappa shape index (κ1) is 13.0. The van der Waals surface area contributed by atoms with Gasteiger partial charge in [-0.05, 0) is 19.1 Å². The van der Waals surface area contributed by atoms with Crippen molar-refractivity contribution >= 4 is 17.8 Å². The lowest BCUT2D eigenvalue weighted by atomic mass is 10.1. The van der Waals surface area contributed by atoms with Crippen molar-refractivity contribution in [3.63, 3.8) is 0 Å². The molecule has 1 aromatic carbocycles. The lowest BCUT2D eigenvalue weighted by molar-refractivity contribution is -0.167. The van der Waals surface area contributed by atoms with Crippen LogP contribution in [0.2, 0.25) is 0 Å². The van der Waals surface area contributed by atoms with Crippen molar-refractivity contribution in [3.8, 4) is 0 Å². The number of rotatable bonds is 3. The maximum absolute atomic E-state index is 12.0. The van der Waals surface area contributed by atoms with Crippen molar-refractivity contribution in [3.05, 3.63) is 53.1 Å². The Labute approximate surface area is 119 Å². The number of carbonyl (C=O) groups is 3. The van der Waals surface area contributed by atoms with E-state index in [-0.39, 0.29) is 17.5 Å². The number of nitrogens with one attached hydrogen (secondary N) is 1. The fraction of sp³-hybridized carbons (Fsp3) is 0.143. The molecule has 0 saturated carbocycles. The topological polar surface area (TPSA) is 92.4 Å². The van der Waals surface area contributed by atoms with Crippen molar-refractivity contribution in [1.82, 2.24) is 15.0 Å². The molecule has 0 bridgehead atoms. The third kappa shape index (κ3) is 2.18. The van der Waals surface area contributed by atoms with Gasteiger partial charge in [0.15, 0.2) is 0 Å². The van der Waals surface area contributed by atoms with Gasteiger partial charge in [0.25, 0.3) is 11.8 Å². The van der Waals surface area contributed by atoms with Gasteiger partial charge in [0.05, 0.1) is 29.6 Å². The molecule has 2 aromatic rings. The number of hydrogen-bond acceptors (Lipinski definition) is 5. The van der Waals surface area contributed by atoms with E-state index < -0.39 is 17.8 Å². The molecule has 0 saturated heterocycles. The largest absolute Gasteiger partial charge is 0.348 e. The number of imide groups is 1. The molecule has 0 unspecified atom stereocenters. The summed E-state index contributed by atoms with van der Waals surface area (Å²) >= 11 is 0. The number of imidazole rings is 1. The van der Waals surface area contributed by atoms with Crippen LogP contribution in [0.15, 0.2) is 30.6 Å². The van der Waals surface area contributed by atoms with Crippen LogP contribution in [0, 0.1) is 6.92 Å². The van der Waals surface area contributed by atoms with E-state index in [1.807, 2.05) is 0 Å². The fourth-order valence-corrected chi connectivity index (χ4v) is 2.09. The summed E-state index contributed by atoms with van der Waals surface area (Å²) in [5.41, 5.74) is 1.70. The number of nitrogens with zero attached hydrogens (tertiary/aromatic N) is 2. The molecule has 2 amide bonds. The van der Waals surface area contributed by atoms with E-state index in [0.717, 1.165) is 5.69 Å². The Bertz CT molecular complexity index is 715. The number of benzene rings is 1. The van der Waals surface area contributed by atoms with Crippen LogP contribution in [0.5, 0.6) is 0 Å². The molecular formula is C14H11N3O4. The SMILES string of the molecule is Cc1[nH]cnc1CC(=O)ON1C(=O)c2ccccc2C1=O. The first-order valence-electron chi connectivity index (χ1n) is 6.25. The monoisotopic (exact) mass is 285 g/mol. The van der Waals surface area contributed by atoms with Crippen LogP contribution in [-0.4, -0.2) is 32.8 Å². The van der Waals surface area contributed by atoms with Gasteiger partial charge in [-0.15, -0.1) is 0 Å². The molecule has 3 rings (SSSR count). The number of aromatic amines is 1. The Morgan fingerprint density at radius 2 is 1.86 bits per heavy atom. The maximum Gasteiger partial charge on any atom is 0.339 e. The Hall–Kier alpha value is -2.96. The van der Waals surface area contributed by atoms with Crippen molar-refractivity contribution in [2.24, 2.45) is 0 Å². The Morgan fingerprint density at radius 3 is 2.38 bits per heavy atom. The van der Waals surface area contributed by atoms with Gasteiger partial charge in [-0.1, -0.05) is 17.2 Å². The van der Waals surface area contributed by atoms with Gasteiger partial charge in [0.2, 0.25) is 0 Å². The van der Waals surface area contributed by atoms with Gasteiger partial charge in [-0.25, -0.2) is 9.78 Å². The van der Waals surface area contributed by atoms with Crippen LogP contribution in [-0.2, 0) is 16.1 Å². The summed E-state index contributed by atoms with van der Waals surface area (Å²) in [5.74, 6) is -2.00. The molecule has 21 heavy (non-hydrogen) atoms. The van der Waals surface area contributed by atoms with Crippen LogP contribution in [0.1, 0.15) is 32.1 Å². The zero-order valence-corrected chi connectivity index (χ0v) is 11.1. The van der Waals surface area contributed by atoms with Crippen LogP contribution in [0.3, 0.4) is 0 Å². The first-order valence-corrected chi connectivity index (χ1v) is 6.25. The van der Waals surface area contributed by atoms with E-state index in [0.29, 0.717) is 10.8 Å². The van der Waals surface area contributed by atoms with Gasteiger partial charge in [-0.2, -0.15) is 0 Å². The van der Waals surface area contributed by atoms with E-state index in [2.05, 4.69) is 9.97 Å². The van der Waals surface area contributed by atoms with Gasteiger partial charge < -0.3 is 9.82 Å². The highest BCUT2D eigenvalue weighted by atomic mass is 16.7. The van der Waals surface area contributed by atoms with Gasteiger partial charge in [0.1, 0.15) is 0 Å². The number of carbonyl (C=O) groups excluding carboxylic acids is 3. The van der Waals surface area contributed by atoms with Gasteiger partial charge in [-0.3, -0.25) is 9.59 Å². The molecule has 1 N–H and O–H groups in total. The summed E-state index contributed by atoms with van der Waals surface area (Å²) in [6, 6.07) is 6.31. The minimum atomic E-state index is -0.722. The second-order valence-electron chi connectivity index (χ2n) is 4.56. The summed E-state index contributed by atoms with van der Waals surface area (Å²) in [5, 5.41) is 0.495. The summed E-state index contributed by atoms with van der Waals surface area (Å²) in [6.45, 7) is 1.76. The number of aryl methyl sites for hydroxylation is 1. The van der Waals surface area contributed by atoms with E-state index in [9.17, 15) is 14.4 Å². The summed E-state index contributed by atoms with van der Waals surface area (Å²) < 4.78 is 0. The molecule has 0 spiro atoms. The fourth-order valence-electron chi connectivity index (χ4n) is 2.09. The molecule has 0 atom stereocenters. The van der Waals surface area contributed by atoms with Crippen molar-refractivity contribution in [1.29, 1.82) is 0 Å². The number of hydroxylamine groups is 2. The third-order valence-corrected chi connectivity index (χ3v) is 3.20. The van der Waals surface area contributed by atoms with E-state index in [1.165, 1.54) is 18.5 Å². The van der Waals surface area contributed by atoms with E-state index in [1.54, 1.807) is 19.1 Å². The highest BCUT2D eigenvalue weighted by Gasteiger charge is 2.38. The van der Waals surface area contributed by atoms with Crippen LogP contribution < -0.4 is 0 Å². The van der Waals surface area contributed by atoms with Crippen molar-refractivity contribution in [2.75, 3.05) is 0 Å². The quantitative estimate of drug-likeness (QED) is 0.850.